The topological polar surface area (TPSA) is 78.9 Å². The summed E-state index contributed by atoms with van der Waals surface area (Å²) in [6, 6.07) is 0.715. The van der Waals surface area contributed by atoms with E-state index in [-0.39, 0.29) is 18.8 Å². The number of hydrogen-bond donors (Lipinski definition) is 2. The first-order valence-electron chi connectivity index (χ1n) is 6.68. The molecule has 2 amide bonds. The Morgan fingerprint density at radius 1 is 1.27 bits per heavy atom. The molecule has 0 bridgehead atoms. The first kappa shape index (κ1) is 17.8. The average molecular weight is 316 g/mol. The minimum Gasteiger partial charge on any atom is -0.465 e. The minimum atomic E-state index is -1.08. The van der Waals surface area contributed by atoms with Crippen molar-refractivity contribution in [1.82, 2.24) is 4.90 Å². The van der Waals surface area contributed by atoms with Crippen LogP contribution in [-0.2, 0) is 4.74 Å². The van der Waals surface area contributed by atoms with Gasteiger partial charge < -0.3 is 20.1 Å². The van der Waals surface area contributed by atoms with Gasteiger partial charge in [0.15, 0.2) is 0 Å². The smallest absolute Gasteiger partial charge is 0.340 e. The molecule has 0 unspecified atom stereocenters. The zero-order valence-electron chi connectivity index (χ0n) is 12.4. The van der Waals surface area contributed by atoms with E-state index in [1.807, 2.05) is 6.92 Å². The Morgan fingerprint density at radius 2 is 1.95 bits per heavy atom. The summed E-state index contributed by atoms with van der Waals surface area (Å²) in [5.74, 6) is -3.07. The fraction of sp³-hybridized carbons (Fsp3) is 0.429. The standard InChI is InChI=1S/C14H18F2N2O4/c1-3-4-18(5-6-19)14(21)17-12-7-9(13(20)22-2)10(15)8-11(12)16/h7-8,19H,3-6H2,1-2H3,(H,17,21). The molecular weight excluding hydrogens is 298 g/mol. The maximum Gasteiger partial charge on any atom is 0.340 e. The summed E-state index contributed by atoms with van der Waals surface area (Å²) in [5.41, 5.74) is -0.825. The van der Waals surface area contributed by atoms with Crippen molar-refractivity contribution < 1.29 is 28.2 Å². The number of carbonyl (C=O) groups excluding carboxylic acids is 2. The van der Waals surface area contributed by atoms with Crippen molar-refractivity contribution >= 4 is 17.7 Å². The Morgan fingerprint density at radius 3 is 2.50 bits per heavy atom. The average Bonchev–Trinajstić information content (AvgIpc) is 2.48. The van der Waals surface area contributed by atoms with Crippen LogP contribution in [0.2, 0.25) is 0 Å². The van der Waals surface area contributed by atoms with Gasteiger partial charge in [0.1, 0.15) is 11.6 Å². The van der Waals surface area contributed by atoms with E-state index in [1.165, 1.54) is 4.90 Å². The lowest BCUT2D eigenvalue weighted by molar-refractivity contribution is 0.0595. The van der Waals surface area contributed by atoms with Crippen molar-refractivity contribution in [3.63, 3.8) is 0 Å². The van der Waals surface area contributed by atoms with E-state index in [4.69, 9.17) is 5.11 Å². The lowest BCUT2D eigenvalue weighted by Gasteiger charge is -2.21. The van der Waals surface area contributed by atoms with Gasteiger partial charge in [0.25, 0.3) is 0 Å². The van der Waals surface area contributed by atoms with E-state index < -0.39 is 29.2 Å². The molecule has 0 fully saturated rings. The van der Waals surface area contributed by atoms with Crippen molar-refractivity contribution in [1.29, 1.82) is 0 Å². The molecule has 0 aliphatic rings. The number of halogens is 2. The maximum absolute atomic E-state index is 13.7. The second-order valence-electron chi connectivity index (χ2n) is 4.44. The number of hydrogen-bond acceptors (Lipinski definition) is 4. The van der Waals surface area contributed by atoms with Gasteiger partial charge in [0, 0.05) is 19.2 Å². The van der Waals surface area contributed by atoms with Gasteiger partial charge in [-0.15, -0.1) is 0 Å². The van der Waals surface area contributed by atoms with Gasteiger partial charge in [-0.1, -0.05) is 6.92 Å². The molecule has 1 aromatic carbocycles. The second kappa shape index (κ2) is 8.28. The third-order valence-corrected chi connectivity index (χ3v) is 2.85. The van der Waals surface area contributed by atoms with E-state index in [0.29, 0.717) is 19.0 Å². The predicted molar refractivity (Wildman–Crippen MR) is 75.7 cm³/mol. The molecule has 0 radical (unpaired) electrons. The quantitative estimate of drug-likeness (QED) is 0.787. The van der Waals surface area contributed by atoms with E-state index in [1.54, 1.807) is 0 Å². The molecule has 0 aliphatic carbocycles. The van der Waals surface area contributed by atoms with Gasteiger partial charge in [-0.2, -0.15) is 0 Å². The summed E-state index contributed by atoms with van der Waals surface area (Å²) in [4.78, 5) is 24.7. The third kappa shape index (κ3) is 4.39. The third-order valence-electron chi connectivity index (χ3n) is 2.85. The van der Waals surface area contributed by atoms with Gasteiger partial charge in [0.05, 0.1) is 25.0 Å². The van der Waals surface area contributed by atoms with Gasteiger partial charge in [-0.25, -0.2) is 18.4 Å². The highest BCUT2D eigenvalue weighted by Gasteiger charge is 2.19. The van der Waals surface area contributed by atoms with Gasteiger partial charge in [-0.05, 0) is 12.5 Å². The monoisotopic (exact) mass is 316 g/mol. The zero-order valence-corrected chi connectivity index (χ0v) is 12.4. The van der Waals surface area contributed by atoms with Gasteiger partial charge in [0.2, 0.25) is 0 Å². The number of nitrogens with one attached hydrogen (secondary N) is 1. The van der Waals surface area contributed by atoms with Crippen LogP contribution < -0.4 is 5.32 Å². The number of carbonyl (C=O) groups is 2. The number of anilines is 1. The first-order chi connectivity index (χ1) is 10.4. The summed E-state index contributed by atoms with van der Waals surface area (Å²) < 4.78 is 31.6. The lowest BCUT2D eigenvalue weighted by atomic mass is 10.2. The number of amides is 2. The lowest BCUT2D eigenvalue weighted by Crippen LogP contribution is -2.37. The summed E-state index contributed by atoms with van der Waals surface area (Å²) in [6.45, 7) is 2.03. The van der Waals surface area contributed by atoms with Crippen LogP contribution in [0.15, 0.2) is 12.1 Å². The van der Waals surface area contributed by atoms with Crippen LogP contribution in [0.4, 0.5) is 19.3 Å². The van der Waals surface area contributed by atoms with Crippen LogP contribution >= 0.6 is 0 Å². The van der Waals surface area contributed by atoms with Crippen LogP contribution in [0.5, 0.6) is 0 Å². The van der Waals surface area contributed by atoms with E-state index in [9.17, 15) is 18.4 Å². The Kier molecular flexibility index (Phi) is 6.71. The van der Waals surface area contributed by atoms with E-state index in [2.05, 4.69) is 10.1 Å². The highest BCUT2D eigenvalue weighted by Crippen LogP contribution is 2.20. The number of nitrogens with zero attached hydrogens (tertiary/aromatic N) is 1. The molecule has 0 spiro atoms. The molecule has 8 heteroatoms. The molecule has 2 N–H and O–H groups in total. The van der Waals surface area contributed by atoms with Crippen molar-refractivity contribution in [2.75, 3.05) is 32.1 Å². The summed E-state index contributed by atoms with van der Waals surface area (Å²) in [7, 11) is 1.06. The number of esters is 1. The Balaban J connectivity index is 3.01. The molecule has 1 aromatic rings. The molecule has 1 rings (SSSR count). The highest BCUT2D eigenvalue weighted by atomic mass is 19.1. The van der Waals surface area contributed by atoms with Crippen molar-refractivity contribution in [2.45, 2.75) is 13.3 Å². The molecule has 6 nitrogen and oxygen atoms in total. The summed E-state index contributed by atoms with van der Waals surface area (Å²) >= 11 is 0. The molecule has 0 aliphatic heterocycles. The second-order valence-corrected chi connectivity index (χ2v) is 4.44. The number of ether oxygens (including phenoxy) is 1. The SMILES string of the molecule is CCCN(CCO)C(=O)Nc1cc(C(=O)OC)c(F)cc1F. The van der Waals surface area contributed by atoms with Crippen molar-refractivity contribution in [3.8, 4) is 0 Å². The minimum absolute atomic E-state index is 0.0757. The molecule has 0 atom stereocenters. The van der Waals surface area contributed by atoms with Gasteiger partial charge in [-0.3, -0.25) is 0 Å². The first-order valence-corrected chi connectivity index (χ1v) is 6.68. The Bertz CT molecular complexity index is 546. The molecule has 22 heavy (non-hydrogen) atoms. The highest BCUT2D eigenvalue weighted by molar-refractivity contribution is 5.94. The van der Waals surface area contributed by atoms with E-state index in [0.717, 1.165) is 13.2 Å². The fourth-order valence-electron chi connectivity index (χ4n) is 1.81. The Labute approximate surface area is 126 Å². The summed E-state index contributed by atoms with van der Waals surface area (Å²) in [5, 5.41) is 11.2. The molecule has 0 saturated carbocycles. The molecular formula is C14H18F2N2O4. The molecule has 122 valence electrons. The van der Waals surface area contributed by atoms with Crippen molar-refractivity contribution in [2.24, 2.45) is 0 Å². The Hall–Kier alpha value is -2.22. The largest absolute Gasteiger partial charge is 0.465 e. The van der Waals surface area contributed by atoms with Crippen LogP contribution in [0.25, 0.3) is 0 Å². The number of methoxy groups -OCH3 is 1. The number of aliphatic hydroxyl groups is 1. The number of benzene rings is 1. The zero-order chi connectivity index (χ0) is 16.7. The normalized spacial score (nSPS) is 10.2. The maximum atomic E-state index is 13.7. The molecule has 0 heterocycles. The fourth-order valence-corrected chi connectivity index (χ4v) is 1.81. The number of rotatable bonds is 6. The number of aliphatic hydroxyl groups excluding tert-OH is 1. The summed E-state index contributed by atoms with van der Waals surface area (Å²) in [6.07, 6.45) is 0.646. The number of urea groups is 1. The predicted octanol–water partition coefficient (Wildman–Crippen LogP) is 1.99. The van der Waals surface area contributed by atoms with Crippen LogP contribution in [0.3, 0.4) is 0 Å². The van der Waals surface area contributed by atoms with Gasteiger partial charge >= 0.3 is 12.0 Å². The van der Waals surface area contributed by atoms with E-state index >= 15 is 0 Å². The van der Waals surface area contributed by atoms with Crippen molar-refractivity contribution in [3.05, 3.63) is 29.3 Å². The molecule has 0 aromatic heterocycles. The van der Waals surface area contributed by atoms with Crippen LogP contribution in [0.1, 0.15) is 23.7 Å². The molecule has 0 saturated heterocycles. The van der Waals surface area contributed by atoms with Crippen LogP contribution in [-0.4, -0.2) is 48.8 Å². The van der Waals surface area contributed by atoms with Crippen LogP contribution in [0, 0.1) is 11.6 Å².